The predicted molar refractivity (Wildman–Crippen MR) is 66.0 cm³/mol. The lowest BCUT2D eigenvalue weighted by Crippen LogP contribution is -2.37. The van der Waals surface area contributed by atoms with Crippen LogP contribution in [0.3, 0.4) is 0 Å². The molecule has 0 saturated carbocycles. The van der Waals surface area contributed by atoms with Gasteiger partial charge in [0.05, 0.1) is 12.1 Å². The first-order valence-corrected chi connectivity index (χ1v) is 5.22. The van der Waals surface area contributed by atoms with Crippen molar-refractivity contribution in [3.05, 3.63) is 35.1 Å². The molecule has 0 aliphatic heterocycles. The molecule has 18 heavy (non-hydrogen) atoms. The van der Waals surface area contributed by atoms with Gasteiger partial charge in [0.15, 0.2) is 17.5 Å². The standard InChI is InChI=1S/C12H16F3NO.ClH/c1-12(2,3)11(17)10(16)6-4-7(13)9(15)8(14)5-6;/h4-5,10-11,17H,16H2,1-3H3;1H/t10-,11-;/m1./s1. The van der Waals surface area contributed by atoms with Crippen LogP contribution in [-0.2, 0) is 0 Å². The first-order valence-electron chi connectivity index (χ1n) is 5.22. The average Bonchev–Trinajstić information content (AvgIpc) is 2.21. The molecule has 0 saturated heterocycles. The lowest BCUT2D eigenvalue weighted by molar-refractivity contribution is 0.0399. The third-order valence-corrected chi connectivity index (χ3v) is 2.62. The molecule has 0 bridgehead atoms. The number of halogens is 4. The fraction of sp³-hybridized carbons (Fsp3) is 0.500. The monoisotopic (exact) mass is 283 g/mol. The molecule has 104 valence electrons. The summed E-state index contributed by atoms with van der Waals surface area (Å²) in [6.07, 6.45) is -0.994. The summed E-state index contributed by atoms with van der Waals surface area (Å²) in [7, 11) is 0. The quantitative estimate of drug-likeness (QED) is 0.820. The summed E-state index contributed by atoms with van der Waals surface area (Å²) >= 11 is 0. The van der Waals surface area contributed by atoms with E-state index < -0.39 is 35.0 Å². The van der Waals surface area contributed by atoms with Gasteiger partial charge in [0.1, 0.15) is 0 Å². The van der Waals surface area contributed by atoms with Crippen molar-refractivity contribution in [2.45, 2.75) is 32.9 Å². The molecule has 0 aromatic heterocycles. The largest absolute Gasteiger partial charge is 0.391 e. The third kappa shape index (κ3) is 3.60. The minimum absolute atomic E-state index is 0. The second-order valence-electron chi connectivity index (χ2n) is 5.14. The maximum Gasteiger partial charge on any atom is 0.194 e. The molecular formula is C12H17ClF3NO. The molecule has 0 aliphatic rings. The smallest absolute Gasteiger partial charge is 0.194 e. The Bertz CT molecular complexity index is 397. The maximum absolute atomic E-state index is 13.0. The van der Waals surface area contributed by atoms with Gasteiger partial charge >= 0.3 is 0 Å². The highest BCUT2D eigenvalue weighted by Crippen LogP contribution is 2.29. The van der Waals surface area contributed by atoms with E-state index in [9.17, 15) is 18.3 Å². The van der Waals surface area contributed by atoms with E-state index in [1.165, 1.54) is 0 Å². The predicted octanol–water partition coefficient (Wildman–Crippen LogP) is 2.93. The molecule has 2 nitrogen and oxygen atoms in total. The Kier molecular flexibility index (Phi) is 5.65. The minimum Gasteiger partial charge on any atom is -0.391 e. The fourth-order valence-corrected chi connectivity index (χ4v) is 1.49. The van der Waals surface area contributed by atoms with Crippen LogP contribution in [0.2, 0.25) is 0 Å². The fourth-order valence-electron chi connectivity index (χ4n) is 1.49. The van der Waals surface area contributed by atoms with Gasteiger partial charge in [-0.25, -0.2) is 13.2 Å². The number of aliphatic hydroxyl groups excluding tert-OH is 1. The van der Waals surface area contributed by atoms with Crippen LogP contribution in [0.5, 0.6) is 0 Å². The van der Waals surface area contributed by atoms with Gasteiger partial charge in [0.2, 0.25) is 0 Å². The molecule has 0 aliphatic carbocycles. The Morgan fingerprint density at radius 1 is 1.11 bits per heavy atom. The van der Waals surface area contributed by atoms with E-state index in [4.69, 9.17) is 5.73 Å². The normalized spacial score (nSPS) is 14.9. The molecule has 0 heterocycles. The SMILES string of the molecule is CC(C)(C)[C@H](O)[C@H](N)c1cc(F)c(F)c(F)c1.Cl. The lowest BCUT2D eigenvalue weighted by atomic mass is 9.82. The Morgan fingerprint density at radius 3 is 1.83 bits per heavy atom. The van der Waals surface area contributed by atoms with Gasteiger partial charge in [0.25, 0.3) is 0 Å². The van der Waals surface area contributed by atoms with Gasteiger partial charge < -0.3 is 10.8 Å². The molecule has 0 fully saturated rings. The molecule has 3 N–H and O–H groups in total. The van der Waals surface area contributed by atoms with Crippen molar-refractivity contribution in [2.75, 3.05) is 0 Å². The van der Waals surface area contributed by atoms with Crippen LogP contribution < -0.4 is 5.73 Å². The number of hydrogen-bond acceptors (Lipinski definition) is 2. The first kappa shape index (κ1) is 17.2. The molecule has 0 amide bonds. The second kappa shape index (κ2) is 5.91. The van der Waals surface area contributed by atoms with Crippen LogP contribution >= 0.6 is 12.4 Å². The topological polar surface area (TPSA) is 46.2 Å². The van der Waals surface area contributed by atoms with Gasteiger partial charge in [-0.05, 0) is 23.1 Å². The van der Waals surface area contributed by atoms with Crippen LogP contribution in [0.25, 0.3) is 0 Å². The molecule has 1 aromatic rings. The number of nitrogens with two attached hydrogens (primary N) is 1. The zero-order valence-electron chi connectivity index (χ0n) is 10.4. The number of rotatable bonds is 2. The van der Waals surface area contributed by atoms with Crippen LogP contribution in [0.4, 0.5) is 13.2 Å². The van der Waals surface area contributed by atoms with Crippen molar-refractivity contribution in [3.63, 3.8) is 0 Å². The number of hydrogen-bond donors (Lipinski definition) is 2. The van der Waals surface area contributed by atoms with Gasteiger partial charge in [-0.15, -0.1) is 12.4 Å². The lowest BCUT2D eigenvalue weighted by Gasteiger charge is -2.31. The van der Waals surface area contributed by atoms with E-state index in [2.05, 4.69) is 0 Å². The summed E-state index contributed by atoms with van der Waals surface area (Å²) in [6.45, 7) is 5.23. The van der Waals surface area contributed by atoms with Gasteiger partial charge in [-0.3, -0.25) is 0 Å². The molecule has 1 aromatic carbocycles. The van der Waals surface area contributed by atoms with Crippen LogP contribution in [0, 0.1) is 22.9 Å². The Hall–Kier alpha value is -0.780. The van der Waals surface area contributed by atoms with Gasteiger partial charge in [-0.2, -0.15) is 0 Å². The van der Waals surface area contributed by atoms with Gasteiger partial charge in [-0.1, -0.05) is 20.8 Å². The van der Waals surface area contributed by atoms with Crippen LogP contribution in [0.1, 0.15) is 32.4 Å². The van der Waals surface area contributed by atoms with E-state index in [0.717, 1.165) is 12.1 Å². The van der Waals surface area contributed by atoms with E-state index in [-0.39, 0.29) is 18.0 Å². The Balaban J connectivity index is 0.00000289. The Morgan fingerprint density at radius 2 is 1.50 bits per heavy atom. The molecule has 1 rings (SSSR count). The minimum atomic E-state index is -1.54. The maximum atomic E-state index is 13.0. The van der Waals surface area contributed by atoms with Crippen molar-refractivity contribution >= 4 is 12.4 Å². The summed E-state index contributed by atoms with van der Waals surface area (Å²) in [6, 6.07) is 0.635. The highest BCUT2D eigenvalue weighted by Gasteiger charge is 2.30. The molecule has 0 unspecified atom stereocenters. The van der Waals surface area contributed by atoms with E-state index >= 15 is 0 Å². The number of aliphatic hydroxyl groups is 1. The zero-order valence-corrected chi connectivity index (χ0v) is 11.2. The van der Waals surface area contributed by atoms with Crippen molar-refractivity contribution in [3.8, 4) is 0 Å². The summed E-state index contributed by atoms with van der Waals surface area (Å²) in [4.78, 5) is 0. The molecule has 2 atom stereocenters. The molecule has 0 spiro atoms. The highest BCUT2D eigenvalue weighted by atomic mass is 35.5. The van der Waals surface area contributed by atoms with Crippen molar-refractivity contribution in [1.29, 1.82) is 0 Å². The summed E-state index contributed by atoms with van der Waals surface area (Å²) < 4.78 is 38.8. The van der Waals surface area contributed by atoms with Crippen LogP contribution in [0.15, 0.2) is 12.1 Å². The second-order valence-corrected chi connectivity index (χ2v) is 5.14. The molecule has 6 heteroatoms. The van der Waals surface area contributed by atoms with Crippen molar-refractivity contribution in [2.24, 2.45) is 11.1 Å². The average molecular weight is 284 g/mol. The van der Waals surface area contributed by atoms with Crippen molar-refractivity contribution in [1.82, 2.24) is 0 Å². The number of benzene rings is 1. The van der Waals surface area contributed by atoms with E-state index in [1.807, 2.05) is 0 Å². The van der Waals surface area contributed by atoms with E-state index in [0.29, 0.717) is 0 Å². The van der Waals surface area contributed by atoms with E-state index in [1.54, 1.807) is 20.8 Å². The Labute approximate surface area is 110 Å². The molecular weight excluding hydrogens is 267 g/mol. The summed E-state index contributed by atoms with van der Waals surface area (Å²) in [5.74, 6) is -4.15. The van der Waals surface area contributed by atoms with Crippen LogP contribution in [-0.4, -0.2) is 11.2 Å². The van der Waals surface area contributed by atoms with Crippen molar-refractivity contribution < 1.29 is 18.3 Å². The molecule has 0 radical (unpaired) electrons. The third-order valence-electron chi connectivity index (χ3n) is 2.62. The highest BCUT2D eigenvalue weighted by molar-refractivity contribution is 5.85. The summed E-state index contributed by atoms with van der Waals surface area (Å²) in [5, 5.41) is 9.90. The first-order chi connectivity index (χ1) is 7.64. The zero-order chi connectivity index (χ0) is 13.4. The van der Waals surface area contributed by atoms with Gasteiger partial charge in [0, 0.05) is 0 Å². The summed E-state index contributed by atoms with van der Waals surface area (Å²) in [5.41, 5.74) is 5.20.